The molecule has 18 heavy (non-hydrogen) atoms. The molecule has 102 valence electrons. The number of aromatic nitrogens is 2. The quantitative estimate of drug-likeness (QED) is 0.618. The van der Waals surface area contributed by atoms with Crippen molar-refractivity contribution < 1.29 is 5.11 Å². The summed E-state index contributed by atoms with van der Waals surface area (Å²) in [5, 5.41) is 15.7. The van der Waals surface area contributed by atoms with Crippen molar-refractivity contribution in [1.82, 2.24) is 9.97 Å². The Balaban J connectivity index is 2.55. The van der Waals surface area contributed by atoms with Crippen molar-refractivity contribution in [3.63, 3.8) is 0 Å². The van der Waals surface area contributed by atoms with E-state index in [0.717, 1.165) is 49.8 Å². The second-order valence-corrected chi connectivity index (χ2v) is 4.36. The number of hydrogen-bond acceptors (Lipinski definition) is 5. The second kappa shape index (κ2) is 7.87. The molecule has 0 fully saturated rings. The zero-order valence-electron chi connectivity index (χ0n) is 11.5. The monoisotopic (exact) mass is 252 g/mol. The van der Waals surface area contributed by atoms with E-state index in [0.29, 0.717) is 0 Å². The molecule has 0 aromatic carbocycles. The fourth-order valence-corrected chi connectivity index (χ4v) is 1.63. The lowest BCUT2D eigenvalue weighted by atomic mass is 10.2. The Bertz CT molecular complexity index is 355. The van der Waals surface area contributed by atoms with Crippen LogP contribution in [0.4, 0.5) is 11.6 Å². The molecule has 1 atom stereocenters. The summed E-state index contributed by atoms with van der Waals surface area (Å²) in [7, 11) is 0. The van der Waals surface area contributed by atoms with Crippen LogP contribution in [0.1, 0.15) is 39.4 Å². The normalized spacial score (nSPS) is 12.2. The van der Waals surface area contributed by atoms with Gasteiger partial charge in [0.1, 0.15) is 17.5 Å². The molecule has 0 saturated heterocycles. The van der Waals surface area contributed by atoms with Crippen LogP contribution in [-0.4, -0.2) is 34.3 Å². The van der Waals surface area contributed by atoms with Crippen LogP contribution in [-0.2, 0) is 6.42 Å². The summed E-state index contributed by atoms with van der Waals surface area (Å²) in [5.41, 5.74) is 0. The first-order valence-electron chi connectivity index (χ1n) is 6.69. The van der Waals surface area contributed by atoms with Gasteiger partial charge in [0.05, 0.1) is 6.10 Å². The largest absolute Gasteiger partial charge is 0.393 e. The summed E-state index contributed by atoms with van der Waals surface area (Å²) in [6.07, 6.45) is 2.32. The number of rotatable bonds is 8. The Hall–Kier alpha value is -1.36. The van der Waals surface area contributed by atoms with Crippen molar-refractivity contribution in [1.29, 1.82) is 0 Å². The molecule has 1 aromatic rings. The summed E-state index contributed by atoms with van der Waals surface area (Å²) >= 11 is 0. The van der Waals surface area contributed by atoms with Crippen molar-refractivity contribution in [2.24, 2.45) is 0 Å². The summed E-state index contributed by atoms with van der Waals surface area (Å²) in [6, 6.07) is 1.92. The maximum Gasteiger partial charge on any atom is 0.132 e. The predicted octanol–water partition coefficient (Wildman–Crippen LogP) is 2.04. The maximum absolute atomic E-state index is 9.18. The van der Waals surface area contributed by atoms with Gasteiger partial charge in [-0.05, 0) is 26.7 Å². The third-order valence-corrected chi connectivity index (χ3v) is 2.55. The number of nitrogens with zero attached hydrogens (tertiary/aromatic N) is 2. The Morgan fingerprint density at radius 1 is 1.22 bits per heavy atom. The van der Waals surface area contributed by atoms with Gasteiger partial charge in [0.15, 0.2) is 0 Å². The molecular formula is C13H24N4O. The van der Waals surface area contributed by atoms with E-state index in [-0.39, 0.29) is 6.10 Å². The number of aryl methyl sites for hydroxylation is 1. The van der Waals surface area contributed by atoms with Gasteiger partial charge < -0.3 is 15.7 Å². The fraction of sp³-hybridized carbons (Fsp3) is 0.692. The molecule has 0 aliphatic carbocycles. The van der Waals surface area contributed by atoms with E-state index in [1.165, 1.54) is 0 Å². The van der Waals surface area contributed by atoms with Gasteiger partial charge in [-0.1, -0.05) is 6.92 Å². The SMILES string of the molecule is CCNc1cc(NCCCC(C)O)nc(CC)n1. The third-order valence-electron chi connectivity index (χ3n) is 2.55. The highest BCUT2D eigenvalue weighted by atomic mass is 16.3. The lowest BCUT2D eigenvalue weighted by Gasteiger charge is -2.10. The van der Waals surface area contributed by atoms with Crippen LogP contribution >= 0.6 is 0 Å². The zero-order valence-corrected chi connectivity index (χ0v) is 11.5. The highest BCUT2D eigenvalue weighted by molar-refractivity contribution is 5.47. The van der Waals surface area contributed by atoms with Gasteiger partial charge in [-0.25, -0.2) is 9.97 Å². The number of hydrogen-bond donors (Lipinski definition) is 3. The van der Waals surface area contributed by atoms with Gasteiger partial charge >= 0.3 is 0 Å². The van der Waals surface area contributed by atoms with E-state index in [1.807, 2.05) is 26.8 Å². The molecule has 0 aliphatic heterocycles. The van der Waals surface area contributed by atoms with E-state index in [1.54, 1.807) is 0 Å². The van der Waals surface area contributed by atoms with Gasteiger partial charge in [-0.3, -0.25) is 0 Å². The lowest BCUT2D eigenvalue weighted by molar-refractivity contribution is 0.183. The van der Waals surface area contributed by atoms with Gasteiger partial charge in [0.25, 0.3) is 0 Å². The van der Waals surface area contributed by atoms with Crippen molar-refractivity contribution in [3.8, 4) is 0 Å². The van der Waals surface area contributed by atoms with Crippen LogP contribution in [0.3, 0.4) is 0 Å². The summed E-state index contributed by atoms with van der Waals surface area (Å²) in [5.74, 6) is 2.55. The number of aliphatic hydroxyl groups excluding tert-OH is 1. The minimum atomic E-state index is -0.235. The molecule has 0 saturated carbocycles. The van der Waals surface area contributed by atoms with Gasteiger partial charge in [-0.15, -0.1) is 0 Å². The van der Waals surface area contributed by atoms with Gasteiger partial charge in [-0.2, -0.15) is 0 Å². The molecule has 1 unspecified atom stereocenters. The lowest BCUT2D eigenvalue weighted by Crippen LogP contribution is -2.10. The van der Waals surface area contributed by atoms with Crippen LogP contribution in [0.15, 0.2) is 6.07 Å². The number of anilines is 2. The first kappa shape index (κ1) is 14.7. The molecule has 1 aromatic heterocycles. The Labute approximate surface area is 109 Å². The molecular weight excluding hydrogens is 228 g/mol. The molecule has 0 spiro atoms. The molecule has 1 heterocycles. The highest BCUT2D eigenvalue weighted by Crippen LogP contribution is 2.12. The van der Waals surface area contributed by atoms with Gasteiger partial charge in [0.2, 0.25) is 0 Å². The summed E-state index contributed by atoms with van der Waals surface area (Å²) in [6.45, 7) is 7.56. The van der Waals surface area contributed by atoms with E-state index in [9.17, 15) is 5.11 Å². The van der Waals surface area contributed by atoms with E-state index < -0.39 is 0 Å². The Kier molecular flexibility index (Phi) is 6.43. The molecule has 0 bridgehead atoms. The minimum absolute atomic E-state index is 0.235. The van der Waals surface area contributed by atoms with E-state index >= 15 is 0 Å². The molecule has 1 rings (SSSR count). The second-order valence-electron chi connectivity index (χ2n) is 4.36. The molecule has 0 amide bonds. The molecule has 3 N–H and O–H groups in total. The Morgan fingerprint density at radius 3 is 2.44 bits per heavy atom. The van der Waals surface area contributed by atoms with Crippen LogP contribution in [0.2, 0.25) is 0 Å². The number of aliphatic hydroxyl groups is 1. The average molecular weight is 252 g/mol. The Morgan fingerprint density at radius 2 is 1.89 bits per heavy atom. The predicted molar refractivity (Wildman–Crippen MR) is 75.0 cm³/mol. The minimum Gasteiger partial charge on any atom is -0.393 e. The topological polar surface area (TPSA) is 70.1 Å². The number of nitrogens with one attached hydrogen (secondary N) is 2. The summed E-state index contributed by atoms with van der Waals surface area (Å²) < 4.78 is 0. The zero-order chi connectivity index (χ0) is 13.4. The van der Waals surface area contributed by atoms with Crippen molar-refractivity contribution in [3.05, 3.63) is 11.9 Å². The third kappa shape index (κ3) is 5.31. The standard InChI is InChI=1S/C13H24N4O/c1-4-11-16-12(14-5-2)9-13(17-11)15-8-6-7-10(3)18/h9-10,18H,4-8H2,1-3H3,(H2,14,15,16,17). The molecule has 5 nitrogen and oxygen atoms in total. The maximum atomic E-state index is 9.18. The molecule has 5 heteroatoms. The van der Waals surface area contributed by atoms with Crippen LogP contribution in [0.25, 0.3) is 0 Å². The first-order valence-corrected chi connectivity index (χ1v) is 6.69. The van der Waals surface area contributed by atoms with Crippen molar-refractivity contribution >= 4 is 11.6 Å². The fourth-order valence-electron chi connectivity index (χ4n) is 1.63. The van der Waals surface area contributed by atoms with Crippen molar-refractivity contribution in [2.45, 2.75) is 46.1 Å². The van der Waals surface area contributed by atoms with Gasteiger partial charge in [0, 0.05) is 25.6 Å². The smallest absolute Gasteiger partial charge is 0.132 e. The van der Waals surface area contributed by atoms with E-state index in [4.69, 9.17) is 0 Å². The van der Waals surface area contributed by atoms with Crippen LogP contribution in [0, 0.1) is 0 Å². The molecule has 0 aliphatic rings. The van der Waals surface area contributed by atoms with Crippen LogP contribution in [0.5, 0.6) is 0 Å². The van der Waals surface area contributed by atoms with Crippen LogP contribution < -0.4 is 10.6 Å². The molecule has 0 radical (unpaired) electrons. The highest BCUT2D eigenvalue weighted by Gasteiger charge is 2.03. The summed E-state index contributed by atoms with van der Waals surface area (Å²) in [4.78, 5) is 8.82. The first-order chi connectivity index (χ1) is 8.65. The van der Waals surface area contributed by atoms with Crippen molar-refractivity contribution in [2.75, 3.05) is 23.7 Å². The average Bonchev–Trinajstić information content (AvgIpc) is 2.34. The van der Waals surface area contributed by atoms with E-state index in [2.05, 4.69) is 20.6 Å².